The van der Waals surface area contributed by atoms with Crippen molar-refractivity contribution in [1.82, 2.24) is 9.88 Å². The number of ether oxygens (including phenoxy) is 2. The smallest absolute Gasteiger partial charge is 0.410 e. The van der Waals surface area contributed by atoms with Crippen molar-refractivity contribution in [1.29, 1.82) is 0 Å². The van der Waals surface area contributed by atoms with Gasteiger partial charge in [0.05, 0.1) is 11.7 Å². The van der Waals surface area contributed by atoms with Crippen LogP contribution in [0.15, 0.2) is 12.1 Å². The van der Waals surface area contributed by atoms with Crippen LogP contribution in [0.5, 0.6) is 5.88 Å². The number of likely N-dealkylation sites (tertiary alicyclic amines) is 1. The molecular weight excluding hydrogens is 306 g/mol. The fraction of sp³-hybridized carbons (Fsp3) is 0.600. The fourth-order valence-corrected chi connectivity index (χ4v) is 2.43. The van der Waals surface area contributed by atoms with Gasteiger partial charge in [-0.05, 0) is 45.7 Å². The Bertz CT molecular complexity index is 545. The summed E-state index contributed by atoms with van der Waals surface area (Å²) in [6.45, 7) is 6.54. The predicted molar refractivity (Wildman–Crippen MR) is 85.1 cm³/mol. The Morgan fingerprint density at radius 3 is 2.91 bits per heavy atom. The molecule has 7 heteroatoms. The Balaban J connectivity index is 1.97. The molecule has 22 heavy (non-hydrogen) atoms. The molecule has 0 aromatic carbocycles. The Morgan fingerprint density at radius 2 is 2.23 bits per heavy atom. The van der Waals surface area contributed by atoms with Crippen molar-refractivity contribution in [3.05, 3.63) is 17.3 Å². The molecule has 1 aliphatic rings. The molecule has 1 aliphatic heterocycles. The largest absolute Gasteiger partial charge is 0.474 e. The lowest BCUT2D eigenvalue weighted by molar-refractivity contribution is 0.0186. The van der Waals surface area contributed by atoms with Crippen molar-refractivity contribution in [2.24, 2.45) is 0 Å². The second-order valence-corrected chi connectivity index (χ2v) is 6.70. The molecule has 122 valence electrons. The van der Waals surface area contributed by atoms with Gasteiger partial charge in [0, 0.05) is 6.54 Å². The molecule has 0 bridgehead atoms. The van der Waals surface area contributed by atoms with Crippen LogP contribution in [0.25, 0.3) is 0 Å². The van der Waals surface area contributed by atoms with E-state index in [1.165, 1.54) is 0 Å². The average Bonchev–Trinajstić information content (AvgIpc) is 2.86. The Labute approximate surface area is 135 Å². The van der Waals surface area contributed by atoms with Crippen LogP contribution in [0.2, 0.25) is 5.15 Å². The standard InChI is InChI=1S/C15H22ClN3O3/c1-15(2,3)22-14(20)19-8-4-5-10(19)9-21-13-11(17)6-7-12(16)18-13/h6-7,10H,4-5,8-9,17H2,1-3H3. The monoisotopic (exact) mass is 327 g/mol. The van der Waals surface area contributed by atoms with Gasteiger partial charge in [-0.15, -0.1) is 0 Å². The number of nitrogens with two attached hydrogens (primary N) is 1. The maximum atomic E-state index is 12.2. The summed E-state index contributed by atoms with van der Waals surface area (Å²) in [5.74, 6) is 0.295. The normalized spacial score (nSPS) is 18.4. The van der Waals surface area contributed by atoms with E-state index in [1.807, 2.05) is 20.8 Å². The number of pyridine rings is 1. The van der Waals surface area contributed by atoms with Crippen LogP contribution in [-0.2, 0) is 4.74 Å². The predicted octanol–water partition coefficient (Wildman–Crippen LogP) is 3.10. The highest BCUT2D eigenvalue weighted by Gasteiger charge is 2.32. The number of hydrogen-bond acceptors (Lipinski definition) is 5. The van der Waals surface area contributed by atoms with E-state index in [1.54, 1.807) is 17.0 Å². The van der Waals surface area contributed by atoms with Gasteiger partial charge in [-0.1, -0.05) is 11.6 Å². The molecule has 1 aromatic heterocycles. The Kier molecular flexibility index (Phi) is 5.01. The van der Waals surface area contributed by atoms with E-state index < -0.39 is 5.60 Å². The van der Waals surface area contributed by atoms with Crippen molar-refractivity contribution in [2.75, 3.05) is 18.9 Å². The molecule has 2 heterocycles. The van der Waals surface area contributed by atoms with Crippen molar-refractivity contribution in [3.63, 3.8) is 0 Å². The van der Waals surface area contributed by atoms with Gasteiger partial charge in [0.15, 0.2) is 0 Å². The summed E-state index contributed by atoms with van der Waals surface area (Å²) < 4.78 is 11.1. The van der Waals surface area contributed by atoms with Crippen LogP contribution in [0, 0.1) is 0 Å². The molecule has 0 radical (unpaired) electrons. The van der Waals surface area contributed by atoms with Crippen LogP contribution >= 0.6 is 11.6 Å². The third kappa shape index (κ3) is 4.40. The highest BCUT2D eigenvalue weighted by molar-refractivity contribution is 6.29. The lowest BCUT2D eigenvalue weighted by atomic mass is 10.2. The Morgan fingerprint density at radius 1 is 1.50 bits per heavy atom. The molecule has 0 spiro atoms. The summed E-state index contributed by atoms with van der Waals surface area (Å²) in [6.07, 6.45) is 1.47. The molecule has 1 aromatic rings. The number of carbonyl (C=O) groups is 1. The highest BCUT2D eigenvalue weighted by Crippen LogP contribution is 2.24. The molecule has 0 saturated carbocycles. The lowest BCUT2D eigenvalue weighted by Gasteiger charge is -2.28. The zero-order valence-corrected chi connectivity index (χ0v) is 13.9. The van der Waals surface area contributed by atoms with Crippen LogP contribution in [0.3, 0.4) is 0 Å². The van der Waals surface area contributed by atoms with E-state index in [0.29, 0.717) is 29.9 Å². The van der Waals surface area contributed by atoms with Gasteiger partial charge in [0.1, 0.15) is 17.4 Å². The first-order valence-electron chi connectivity index (χ1n) is 7.31. The first kappa shape index (κ1) is 16.7. The minimum Gasteiger partial charge on any atom is -0.474 e. The quantitative estimate of drug-likeness (QED) is 0.863. The molecule has 0 aliphatic carbocycles. The van der Waals surface area contributed by atoms with Crippen molar-refractivity contribution in [2.45, 2.75) is 45.3 Å². The average molecular weight is 328 g/mol. The number of halogens is 1. The van der Waals surface area contributed by atoms with E-state index in [0.717, 1.165) is 12.8 Å². The van der Waals surface area contributed by atoms with Gasteiger partial charge in [-0.25, -0.2) is 4.79 Å². The molecule has 2 rings (SSSR count). The van der Waals surface area contributed by atoms with E-state index >= 15 is 0 Å². The number of nitrogen functional groups attached to an aromatic ring is 1. The van der Waals surface area contributed by atoms with Gasteiger partial charge >= 0.3 is 6.09 Å². The van der Waals surface area contributed by atoms with Crippen LogP contribution in [0.4, 0.5) is 10.5 Å². The molecule has 2 N–H and O–H groups in total. The minimum atomic E-state index is -0.510. The number of nitrogens with zero attached hydrogens (tertiary/aromatic N) is 2. The van der Waals surface area contributed by atoms with Crippen LogP contribution in [0.1, 0.15) is 33.6 Å². The first-order chi connectivity index (χ1) is 10.3. The number of hydrogen-bond donors (Lipinski definition) is 1. The summed E-state index contributed by atoms with van der Waals surface area (Å²) in [5.41, 5.74) is 5.71. The number of carbonyl (C=O) groups excluding carboxylic acids is 1. The number of aromatic nitrogens is 1. The van der Waals surface area contributed by atoms with E-state index in [9.17, 15) is 4.79 Å². The van der Waals surface area contributed by atoms with E-state index in [2.05, 4.69) is 4.98 Å². The van der Waals surface area contributed by atoms with Gasteiger partial charge in [0.25, 0.3) is 0 Å². The van der Waals surface area contributed by atoms with Crippen molar-refractivity contribution in [3.8, 4) is 5.88 Å². The number of amides is 1. The summed E-state index contributed by atoms with van der Waals surface area (Å²) in [4.78, 5) is 17.9. The summed E-state index contributed by atoms with van der Waals surface area (Å²) in [7, 11) is 0. The first-order valence-corrected chi connectivity index (χ1v) is 7.68. The van der Waals surface area contributed by atoms with Crippen molar-refractivity contribution < 1.29 is 14.3 Å². The van der Waals surface area contributed by atoms with Gasteiger partial charge in [-0.2, -0.15) is 4.98 Å². The second kappa shape index (κ2) is 6.60. The van der Waals surface area contributed by atoms with Crippen LogP contribution in [-0.4, -0.2) is 40.8 Å². The molecule has 1 atom stereocenters. The molecule has 1 fully saturated rings. The third-order valence-corrected chi connectivity index (χ3v) is 3.48. The number of anilines is 1. The zero-order valence-electron chi connectivity index (χ0n) is 13.1. The fourth-order valence-electron chi connectivity index (χ4n) is 2.29. The summed E-state index contributed by atoms with van der Waals surface area (Å²) in [5, 5.41) is 0.319. The third-order valence-electron chi connectivity index (χ3n) is 3.27. The second-order valence-electron chi connectivity index (χ2n) is 6.31. The molecule has 1 saturated heterocycles. The zero-order chi connectivity index (χ0) is 16.3. The van der Waals surface area contributed by atoms with E-state index in [4.69, 9.17) is 26.8 Å². The molecular formula is C15H22ClN3O3. The molecule has 1 amide bonds. The topological polar surface area (TPSA) is 77.7 Å². The summed E-state index contributed by atoms with van der Waals surface area (Å²) in [6, 6.07) is 3.20. The summed E-state index contributed by atoms with van der Waals surface area (Å²) >= 11 is 5.83. The number of rotatable bonds is 3. The SMILES string of the molecule is CC(C)(C)OC(=O)N1CCCC1COc1nc(Cl)ccc1N. The van der Waals surface area contributed by atoms with E-state index in [-0.39, 0.29) is 12.1 Å². The maximum Gasteiger partial charge on any atom is 0.410 e. The highest BCUT2D eigenvalue weighted by atomic mass is 35.5. The molecule has 6 nitrogen and oxygen atoms in total. The van der Waals surface area contributed by atoms with Gasteiger partial charge in [-0.3, -0.25) is 0 Å². The molecule has 1 unspecified atom stereocenters. The van der Waals surface area contributed by atoms with Crippen molar-refractivity contribution >= 4 is 23.4 Å². The Hall–Kier alpha value is -1.69. The van der Waals surface area contributed by atoms with Gasteiger partial charge < -0.3 is 20.1 Å². The van der Waals surface area contributed by atoms with Crippen LogP contribution < -0.4 is 10.5 Å². The maximum absolute atomic E-state index is 12.2. The van der Waals surface area contributed by atoms with Gasteiger partial charge in [0.2, 0.25) is 5.88 Å². The minimum absolute atomic E-state index is 0.0463. The lowest BCUT2D eigenvalue weighted by Crippen LogP contribution is -2.42.